The van der Waals surface area contributed by atoms with Crippen LogP contribution in [0.2, 0.25) is 0 Å². The molecular formula is C26H29N3O. The minimum Gasteiger partial charge on any atom is -0.301 e. The lowest BCUT2D eigenvalue weighted by atomic mass is 9.81. The fourth-order valence-corrected chi connectivity index (χ4v) is 4.52. The van der Waals surface area contributed by atoms with E-state index in [1.807, 2.05) is 60.5 Å². The molecule has 1 saturated heterocycles. The number of piperidine rings is 1. The molecule has 4 rings (SSSR count). The van der Waals surface area contributed by atoms with Gasteiger partial charge in [-0.1, -0.05) is 61.5 Å². The highest BCUT2D eigenvalue weighted by Gasteiger charge is 2.45. The zero-order valence-electron chi connectivity index (χ0n) is 17.6. The van der Waals surface area contributed by atoms with Crippen LogP contribution in [0.15, 0.2) is 85.1 Å². The normalized spacial score (nSPS) is 16.2. The summed E-state index contributed by atoms with van der Waals surface area (Å²) in [6, 6.07) is 26.7. The highest BCUT2D eigenvalue weighted by Crippen LogP contribution is 2.41. The van der Waals surface area contributed by atoms with Gasteiger partial charge in [0.1, 0.15) is 0 Å². The van der Waals surface area contributed by atoms with E-state index < -0.39 is 5.54 Å². The molecule has 0 radical (unpaired) electrons. The number of para-hydroxylation sites is 1. The van der Waals surface area contributed by atoms with Gasteiger partial charge in [-0.2, -0.15) is 0 Å². The number of rotatable bonds is 6. The van der Waals surface area contributed by atoms with Gasteiger partial charge < -0.3 is 4.90 Å². The number of hydrogen-bond acceptors (Lipinski definition) is 3. The van der Waals surface area contributed by atoms with Gasteiger partial charge >= 0.3 is 0 Å². The molecule has 4 heteroatoms. The Bertz CT molecular complexity index is 936. The van der Waals surface area contributed by atoms with Crippen LogP contribution in [0.25, 0.3) is 0 Å². The van der Waals surface area contributed by atoms with Crippen LogP contribution in [0.3, 0.4) is 0 Å². The average Bonchev–Trinajstić information content (AvgIpc) is 2.82. The predicted molar refractivity (Wildman–Crippen MR) is 121 cm³/mol. The quantitative estimate of drug-likeness (QED) is 0.584. The van der Waals surface area contributed by atoms with E-state index in [1.165, 1.54) is 5.56 Å². The molecule has 2 heterocycles. The highest BCUT2D eigenvalue weighted by molar-refractivity contribution is 5.94. The van der Waals surface area contributed by atoms with Crippen molar-refractivity contribution in [3.05, 3.63) is 96.3 Å². The third kappa shape index (κ3) is 4.14. The molecule has 0 bridgehead atoms. The first-order valence-corrected chi connectivity index (χ1v) is 10.8. The minimum absolute atomic E-state index is 0.142. The van der Waals surface area contributed by atoms with E-state index in [1.54, 1.807) is 0 Å². The molecule has 30 heavy (non-hydrogen) atoms. The van der Waals surface area contributed by atoms with Crippen molar-refractivity contribution < 1.29 is 4.79 Å². The van der Waals surface area contributed by atoms with Crippen LogP contribution in [-0.2, 0) is 16.9 Å². The zero-order valence-corrected chi connectivity index (χ0v) is 17.6. The molecule has 0 unspecified atom stereocenters. The van der Waals surface area contributed by atoms with Gasteiger partial charge in [-0.05, 0) is 42.7 Å². The Hall–Kier alpha value is -2.98. The Morgan fingerprint density at radius 2 is 1.57 bits per heavy atom. The first-order chi connectivity index (χ1) is 14.7. The lowest BCUT2D eigenvalue weighted by molar-refractivity contribution is -0.120. The van der Waals surface area contributed by atoms with Crippen molar-refractivity contribution >= 4 is 11.6 Å². The molecule has 1 aromatic heterocycles. The fraction of sp³-hybridized carbons (Fsp3) is 0.308. The number of carbonyl (C=O) groups is 1. The summed E-state index contributed by atoms with van der Waals surface area (Å²) in [5.74, 6) is 0.142. The number of amides is 1. The van der Waals surface area contributed by atoms with E-state index in [2.05, 4.69) is 41.3 Å². The number of benzene rings is 2. The van der Waals surface area contributed by atoms with E-state index in [0.29, 0.717) is 6.42 Å². The van der Waals surface area contributed by atoms with Crippen molar-refractivity contribution in [2.75, 3.05) is 18.0 Å². The van der Waals surface area contributed by atoms with Gasteiger partial charge in [0, 0.05) is 37.9 Å². The van der Waals surface area contributed by atoms with E-state index >= 15 is 0 Å². The molecule has 1 fully saturated rings. The van der Waals surface area contributed by atoms with Crippen LogP contribution in [0.4, 0.5) is 5.69 Å². The molecule has 1 aliphatic heterocycles. The predicted octanol–water partition coefficient (Wildman–Crippen LogP) is 5.02. The third-order valence-corrected chi connectivity index (χ3v) is 6.07. The van der Waals surface area contributed by atoms with Gasteiger partial charge in [0.15, 0.2) is 0 Å². The summed E-state index contributed by atoms with van der Waals surface area (Å²) in [4.78, 5) is 22.5. The van der Waals surface area contributed by atoms with Gasteiger partial charge in [0.25, 0.3) is 0 Å². The summed E-state index contributed by atoms with van der Waals surface area (Å²) in [7, 11) is 0. The van der Waals surface area contributed by atoms with Crippen molar-refractivity contribution in [2.45, 2.75) is 38.3 Å². The lowest BCUT2D eigenvalue weighted by Crippen LogP contribution is -2.56. The monoisotopic (exact) mass is 399 g/mol. The fourth-order valence-electron chi connectivity index (χ4n) is 4.52. The van der Waals surface area contributed by atoms with Crippen LogP contribution in [0.5, 0.6) is 0 Å². The average molecular weight is 400 g/mol. The number of hydrogen-bond donors (Lipinski definition) is 0. The van der Waals surface area contributed by atoms with Crippen molar-refractivity contribution in [2.24, 2.45) is 0 Å². The first-order valence-electron chi connectivity index (χ1n) is 10.8. The number of carbonyl (C=O) groups excluding carboxylic acids is 1. The largest absolute Gasteiger partial charge is 0.301 e. The van der Waals surface area contributed by atoms with Gasteiger partial charge in [0.05, 0.1) is 11.2 Å². The standard InChI is InChI=1S/C26H29N3O/c1-2-25(30)29(23-13-7-4-8-14-23)26(24-15-9-10-18-27-24)16-19-28(20-17-26)21-22-11-5-3-6-12-22/h3-15,18H,2,16-17,19-21H2,1H3. The lowest BCUT2D eigenvalue weighted by Gasteiger charge is -2.48. The van der Waals surface area contributed by atoms with Crippen LogP contribution < -0.4 is 4.90 Å². The summed E-state index contributed by atoms with van der Waals surface area (Å²) >= 11 is 0. The second-order valence-electron chi connectivity index (χ2n) is 7.93. The zero-order chi connectivity index (χ0) is 20.8. The van der Waals surface area contributed by atoms with Crippen molar-refractivity contribution in [1.82, 2.24) is 9.88 Å². The van der Waals surface area contributed by atoms with Crippen LogP contribution in [0.1, 0.15) is 37.4 Å². The maximum atomic E-state index is 13.2. The summed E-state index contributed by atoms with van der Waals surface area (Å²) < 4.78 is 0. The Balaban J connectivity index is 1.67. The molecule has 154 valence electrons. The topological polar surface area (TPSA) is 36.4 Å². The maximum Gasteiger partial charge on any atom is 0.227 e. The molecule has 2 aromatic carbocycles. The summed E-state index contributed by atoms with van der Waals surface area (Å²) in [6.07, 6.45) is 4.03. The minimum atomic E-state index is -0.428. The van der Waals surface area contributed by atoms with E-state index in [-0.39, 0.29) is 5.91 Å². The summed E-state index contributed by atoms with van der Waals surface area (Å²) in [5, 5.41) is 0. The van der Waals surface area contributed by atoms with Gasteiger partial charge in [-0.15, -0.1) is 0 Å². The second kappa shape index (κ2) is 9.23. The third-order valence-electron chi connectivity index (χ3n) is 6.07. The number of anilines is 1. The molecule has 0 spiro atoms. The van der Waals surface area contributed by atoms with Gasteiger partial charge in [0.2, 0.25) is 5.91 Å². The molecular weight excluding hydrogens is 370 g/mol. The molecule has 0 aliphatic carbocycles. The summed E-state index contributed by atoms with van der Waals surface area (Å²) in [6.45, 7) is 4.72. The number of likely N-dealkylation sites (tertiary alicyclic amines) is 1. The van der Waals surface area contributed by atoms with E-state index in [0.717, 1.165) is 43.9 Å². The van der Waals surface area contributed by atoms with Gasteiger partial charge in [-0.3, -0.25) is 14.7 Å². The Morgan fingerprint density at radius 3 is 2.17 bits per heavy atom. The molecule has 4 nitrogen and oxygen atoms in total. The van der Waals surface area contributed by atoms with E-state index in [4.69, 9.17) is 4.98 Å². The van der Waals surface area contributed by atoms with Crippen LogP contribution in [0, 0.1) is 0 Å². The maximum absolute atomic E-state index is 13.2. The molecule has 0 N–H and O–H groups in total. The second-order valence-corrected chi connectivity index (χ2v) is 7.93. The van der Waals surface area contributed by atoms with Crippen molar-refractivity contribution in [1.29, 1.82) is 0 Å². The number of aromatic nitrogens is 1. The molecule has 0 atom stereocenters. The Labute approximate surface area is 179 Å². The Kier molecular flexibility index (Phi) is 6.24. The smallest absolute Gasteiger partial charge is 0.227 e. The molecule has 1 aliphatic rings. The number of nitrogens with zero attached hydrogens (tertiary/aromatic N) is 3. The SMILES string of the molecule is CCC(=O)N(c1ccccc1)C1(c2ccccn2)CCN(Cc2ccccc2)CC1. The van der Waals surface area contributed by atoms with Crippen molar-refractivity contribution in [3.63, 3.8) is 0 Å². The van der Waals surface area contributed by atoms with Crippen LogP contribution >= 0.6 is 0 Å². The van der Waals surface area contributed by atoms with Crippen molar-refractivity contribution in [3.8, 4) is 0 Å². The molecule has 0 saturated carbocycles. The summed E-state index contributed by atoms with van der Waals surface area (Å²) in [5.41, 5.74) is 2.83. The first kappa shape index (κ1) is 20.3. The van der Waals surface area contributed by atoms with E-state index in [9.17, 15) is 4.79 Å². The number of pyridine rings is 1. The van der Waals surface area contributed by atoms with Crippen LogP contribution in [-0.4, -0.2) is 28.9 Å². The van der Waals surface area contributed by atoms with Gasteiger partial charge in [-0.25, -0.2) is 0 Å². The molecule has 1 amide bonds. The Morgan fingerprint density at radius 1 is 0.933 bits per heavy atom. The highest BCUT2D eigenvalue weighted by atomic mass is 16.2. The molecule has 3 aromatic rings.